The van der Waals surface area contributed by atoms with Gasteiger partial charge in [0.25, 0.3) is 0 Å². The van der Waals surface area contributed by atoms with Gasteiger partial charge >= 0.3 is 0 Å². The molecular weight excluding hydrogens is 366 g/mol. The Labute approximate surface area is 133 Å². The molecule has 0 aromatic heterocycles. The van der Waals surface area contributed by atoms with Gasteiger partial charge in [-0.2, -0.15) is 0 Å². The van der Waals surface area contributed by atoms with Crippen molar-refractivity contribution < 1.29 is 0 Å². The fraction of sp³-hybridized carbons (Fsp3) is 0.625. The van der Waals surface area contributed by atoms with Crippen molar-refractivity contribution in [2.45, 2.75) is 52.0 Å². The van der Waals surface area contributed by atoms with Crippen molar-refractivity contribution in [3.8, 4) is 0 Å². The van der Waals surface area contributed by atoms with Gasteiger partial charge in [0.05, 0.1) is 5.69 Å². The highest BCUT2D eigenvalue weighted by molar-refractivity contribution is 9.11. The van der Waals surface area contributed by atoms with Crippen molar-refractivity contribution in [2.75, 3.05) is 5.32 Å². The van der Waals surface area contributed by atoms with Crippen LogP contribution in [0.2, 0.25) is 0 Å². The highest BCUT2D eigenvalue weighted by atomic mass is 79.9. The van der Waals surface area contributed by atoms with E-state index in [1.165, 1.54) is 37.8 Å². The third kappa shape index (κ3) is 4.22. The second kappa shape index (κ2) is 7.12. The average molecular weight is 389 g/mol. The van der Waals surface area contributed by atoms with Crippen molar-refractivity contribution in [1.29, 1.82) is 0 Å². The molecule has 0 radical (unpaired) electrons. The van der Waals surface area contributed by atoms with Crippen LogP contribution in [0.25, 0.3) is 0 Å². The first-order valence-electron chi connectivity index (χ1n) is 7.28. The van der Waals surface area contributed by atoms with Crippen molar-refractivity contribution in [1.82, 2.24) is 0 Å². The zero-order valence-corrected chi connectivity index (χ0v) is 14.9. The first kappa shape index (κ1) is 15.4. The molecule has 1 aromatic carbocycles. The predicted molar refractivity (Wildman–Crippen MR) is 90.7 cm³/mol. The molecule has 0 bridgehead atoms. The maximum absolute atomic E-state index is 3.72. The van der Waals surface area contributed by atoms with E-state index in [1.807, 2.05) is 0 Å². The zero-order chi connectivity index (χ0) is 13.8. The van der Waals surface area contributed by atoms with Gasteiger partial charge in [-0.3, -0.25) is 0 Å². The van der Waals surface area contributed by atoms with Gasteiger partial charge in [-0.1, -0.05) is 32.8 Å². The van der Waals surface area contributed by atoms with E-state index < -0.39 is 0 Å². The highest BCUT2D eigenvalue weighted by Crippen LogP contribution is 2.34. The normalized spacial score (nSPS) is 24.3. The number of para-hydroxylation sites is 1. The minimum atomic E-state index is 0.610. The number of anilines is 1. The number of rotatable bonds is 3. The van der Waals surface area contributed by atoms with Crippen molar-refractivity contribution in [2.24, 2.45) is 11.8 Å². The smallest absolute Gasteiger partial charge is 0.0631 e. The Hall–Kier alpha value is -0.0200. The Morgan fingerprint density at radius 1 is 1.05 bits per heavy atom. The summed E-state index contributed by atoms with van der Waals surface area (Å²) in [5.41, 5.74) is 1.20. The summed E-state index contributed by atoms with van der Waals surface area (Å²) in [6.07, 6.45) is 6.68. The summed E-state index contributed by atoms with van der Waals surface area (Å²) in [7, 11) is 0. The summed E-state index contributed by atoms with van der Waals surface area (Å²) < 4.78 is 2.29. The van der Waals surface area contributed by atoms with Crippen LogP contribution in [0, 0.1) is 11.8 Å². The van der Waals surface area contributed by atoms with Gasteiger partial charge in [-0.25, -0.2) is 0 Å². The highest BCUT2D eigenvalue weighted by Gasteiger charge is 2.21. The Morgan fingerprint density at radius 2 is 1.74 bits per heavy atom. The number of benzene rings is 1. The average Bonchev–Trinajstić information content (AvgIpc) is 2.59. The number of halogens is 2. The molecule has 1 aliphatic carbocycles. The van der Waals surface area contributed by atoms with E-state index in [2.05, 4.69) is 69.2 Å². The molecule has 1 fully saturated rings. The van der Waals surface area contributed by atoms with Crippen LogP contribution < -0.4 is 5.32 Å². The summed E-state index contributed by atoms with van der Waals surface area (Å²) in [6, 6.07) is 6.86. The van der Waals surface area contributed by atoms with Crippen molar-refractivity contribution in [3.05, 3.63) is 27.1 Å². The van der Waals surface area contributed by atoms with Crippen molar-refractivity contribution >= 4 is 37.5 Å². The van der Waals surface area contributed by atoms with Gasteiger partial charge < -0.3 is 5.32 Å². The molecule has 0 spiro atoms. The third-order valence-electron chi connectivity index (χ3n) is 4.27. The summed E-state index contributed by atoms with van der Waals surface area (Å²) >= 11 is 7.27. The van der Waals surface area contributed by atoms with Gasteiger partial charge in [0.15, 0.2) is 0 Å². The van der Waals surface area contributed by atoms with Crippen LogP contribution in [0.1, 0.15) is 46.0 Å². The van der Waals surface area contributed by atoms with E-state index >= 15 is 0 Å². The molecule has 1 N–H and O–H groups in total. The van der Waals surface area contributed by atoms with Crippen LogP contribution in [0.3, 0.4) is 0 Å². The van der Waals surface area contributed by atoms with E-state index in [0.29, 0.717) is 6.04 Å². The lowest BCUT2D eigenvalue weighted by Crippen LogP contribution is -2.19. The second-order valence-electron chi connectivity index (χ2n) is 5.95. The topological polar surface area (TPSA) is 12.0 Å². The maximum Gasteiger partial charge on any atom is 0.0631 e. The Bertz CT molecular complexity index is 397. The minimum absolute atomic E-state index is 0.610. The van der Waals surface area contributed by atoms with Gasteiger partial charge in [-0.15, -0.1) is 0 Å². The molecule has 1 aromatic rings. The molecule has 1 aliphatic rings. The van der Waals surface area contributed by atoms with Crippen LogP contribution in [-0.2, 0) is 0 Å². The number of nitrogens with one attached hydrogen (secondary N) is 1. The lowest BCUT2D eigenvalue weighted by molar-refractivity contribution is 0.341. The lowest BCUT2D eigenvalue weighted by atomic mass is 9.89. The Morgan fingerprint density at radius 3 is 2.37 bits per heavy atom. The molecule has 1 nitrogen and oxygen atoms in total. The molecular formula is C16H23Br2N. The first-order valence-corrected chi connectivity index (χ1v) is 8.87. The van der Waals surface area contributed by atoms with Gasteiger partial charge in [0.1, 0.15) is 0 Å². The molecule has 2 rings (SSSR count). The van der Waals surface area contributed by atoms with Crippen molar-refractivity contribution in [3.63, 3.8) is 0 Å². The quantitative estimate of drug-likeness (QED) is 0.605. The molecule has 0 amide bonds. The van der Waals surface area contributed by atoms with E-state index in [4.69, 9.17) is 0 Å². The van der Waals surface area contributed by atoms with Crippen LogP contribution in [-0.4, -0.2) is 6.04 Å². The maximum atomic E-state index is 3.72. The predicted octanol–water partition coefficient (Wildman–Crippen LogP) is 6.23. The SMILES string of the molecule is CC(C)C1CCCC(Nc2c(Br)cccc2Br)CC1. The second-order valence-corrected chi connectivity index (χ2v) is 7.66. The summed E-state index contributed by atoms with van der Waals surface area (Å²) in [4.78, 5) is 0. The molecule has 2 atom stereocenters. The van der Waals surface area contributed by atoms with E-state index in [-0.39, 0.29) is 0 Å². The summed E-state index contributed by atoms with van der Waals surface area (Å²) in [6.45, 7) is 4.73. The summed E-state index contributed by atoms with van der Waals surface area (Å²) in [5, 5.41) is 3.72. The van der Waals surface area contributed by atoms with Gasteiger partial charge in [0.2, 0.25) is 0 Å². The van der Waals surface area contributed by atoms with Crippen LogP contribution >= 0.6 is 31.9 Å². The summed E-state index contributed by atoms with van der Waals surface area (Å²) in [5.74, 6) is 1.74. The zero-order valence-electron chi connectivity index (χ0n) is 11.8. The largest absolute Gasteiger partial charge is 0.380 e. The first-order chi connectivity index (χ1) is 9.08. The van der Waals surface area contributed by atoms with Crippen LogP contribution in [0.15, 0.2) is 27.1 Å². The number of hydrogen-bond donors (Lipinski definition) is 1. The monoisotopic (exact) mass is 387 g/mol. The third-order valence-corrected chi connectivity index (χ3v) is 5.59. The fourth-order valence-electron chi connectivity index (χ4n) is 2.98. The lowest BCUT2D eigenvalue weighted by Gasteiger charge is -2.21. The molecule has 2 unspecified atom stereocenters. The minimum Gasteiger partial charge on any atom is -0.380 e. The van der Waals surface area contributed by atoms with Gasteiger partial charge in [-0.05, 0) is 75.1 Å². The molecule has 106 valence electrons. The molecule has 1 saturated carbocycles. The van der Waals surface area contributed by atoms with E-state index in [0.717, 1.165) is 20.8 Å². The number of hydrogen-bond acceptors (Lipinski definition) is 1. The van der Waals surface area contributed by atoms with E-state index in [1.54, 1.807) is 0 Å². The molecule has 0 aliphatic heterocycles. The van der Waals surface area contributed by atoms with Crippen LogP contribution in [0.5, 0.6) is 0 Å². The Balaban J connectivity index is 2.00. The standard InChI is InChI=1S/C16H23Br2N/c1-11(2)12-5-3-6-13(10-9-12)19-16-14(17)7-4-8-15(16)18/h4,7-8,11-13,19H,3,5-6,9-10H2,1-2H3. The molecule has 19 heavy (non-hydrogen) atoms. The fourth-order valence-corrected chi connectivity index (χ4v) is 4.21. The van der Waals surface area contributed by atoms with Gasteiger partial charge in [0, 0.05) is 15.0 Å². The van der Waals surface area contributed by atoms with Crippen LogP contribution in [0.4, 0.5) is 5.69 Å². The Kier molecular flexibility index (Phi) is 5.76. The molecule has 0 saturated heterocycles. The van der Waals surface area contributed by atoms with E-state index in [9.17, 15) is 0 Å². The molecule has 3 heteroatoms. The molecule has 0 heterocycles.